The van der Waals surface area contributed by atoms with Gasteiger partial charge in [0, 0.05) is 23.5 Å². The number of carbonyl (C=O) groups is 1. The van der Waals surface area contributed by atoms with E-state index < -0.39 is 0 Å². The lowest BCUT2D eigenvalue weighted by Crippen LogP contribution is -2.28. The summed E-state index contributed by atoms with van der Waals surface area (Å²) in [6.07, 6.45) is 0. The van der Waals surface area contributed by atoms with Crippen LogP contribution in [0.2, 0.25) is 0 Å². The third-order valence-corrected chi connectivity index (χ3v) is 4.98. The summed E-state index contributed by atoms with van der Waals surface area (Å²) in [4.78, 5) is 27.7. The summed E-state index contributed by atoms with van der Waals surface area (Å²) in [5, 5.41) is 7.41. The first-order valence-corrected chi connectivity index (χ1v) is 9.33. The molecule has 3 aromatic rings. The first-order chi connectivity index (χ1) is 13.3. The van der Waals surface area contributed by atoms with E-state index >= 15 is 0 Å². The van der Waals surface area contributed by atoms with E-state index in [1.807, 2.05) is 38.4 Å². The second-order valence-electron chi connectivity index (χ2n) is 7.31. The molecule has 3 rings (SSSR count). The van der Waals surface area contributed by atoms with Crippen molar-refractivity contribution in [3.05, 3.63) is 85.6 Å². The number of amides is 1. The standard InChI is InChI=1S/C22H26N4O2/c1-13-6-8-18(9-7-13)12-26-17(5)20(16(4)25-26)22(28)23-11-19-14(2)10-15(3)24-21(19)27/h6-10H,11-12H2,1-5H3,(H,23,28)(H,24,27). The second kappa shape index (κ2) is 7.84. The van der Waals surface area contributed by atoms with Crippen LogP contribution in [0.15, 0.2) is 35.1 Å². The number of carbonyl (C=O) groups excluding carboxylic acids is 1. The molecule has 0 atom stereocenters. The fourth-order valence-electron chi connectivity index (χ4n) is 3.40. The maximum absolute atomic E-state index is 12.8. The minimum absolute atomic E-state index is 0.165. The Morgan fingerprint density at radius 2 is 1.79 bits per heavy atom. The number of nitrogens with one attached hydrogen (secondary N) is 2. The van der Waals surface area contributed by atoms with Crippen LogP contribution >= 0.6 is 0 Å². The van der Waals surface area contributed by atoms with Gasteiger partial charge in [-0.25, -0.2) is 0 Å². The predicted octanol–water partition coefficient (Wildman–Crippen LogP) is 3.09. The highest BCUT2D eigenvalue weighted by atomic mass is 16.2. The molecular formula is C22H26N4O2. The first-order valence-electron chi connectivity index (χ1n) is 9.33. The Labute approximate surface area is 164 Å². The molecule has 6 nitrogen and oxygen atoms in total. The zero-order chi connectivity index (χ0) is 20.4. The topological polar surface area (TPSA) is 79.8 Å². The van der Waals surface area contributed by atoms with E-state index in [1.165, 1.54) is 5.56 Å². The van der Waals surface area contributed by atoms with Crippen molar-refractivity contribution < 1.29 is 4.79 Å². The molecule has 28 heavy (non-hydrogen) atoms. The normalized spacial score (nSPS) is 10.9. The van der Waals surface area contributed by atoms with Gasteiger partial charge in [0.25, 0.3) is 11.5 Å². The third-order valence-electron chi connectivity index (χ3n) is 4.98. The highest BCUT2D eigenvalue weighted by molar-refractivity contribution is 5.96. The van der Waals surface area contributed by atoms with E-state index in [0.29, 0.717) is 23.4 Å². The molecule has 0 saturated heterocycles. The maximum Gasteiger partial charge on any atom is 0.255 e. The largest absolute Gasteiger partial charge is 0.348 e. The smallest absolute Gasteiger partial charge is 0.255 e. The van der Waals surface area contributed by atoms with Gasteiger partial charge in [0.1, 0.15) is 0 Å². The number of rotatable bonds is 5. The van der Waals surface area contributed by atoms with E-state index in [-0.39, 0.29) is 18.0 Å². The fraction of sp³-hybridized carbons (Fsp3) is 0.318. The van der Waals surface area contributed by atoms with Crippen molar-refractivity contribution in [2.45, 2.75) is 47.7 Å². The summed E-state index contributed by atoms with van der Waals surface area (Å²) in [6, 6.07) is 10.2. The molecule has 2 heterocycles. The van der Waals surface area contributed by atoms with Gasteiger partial charge < -0.3 is 10.3 Å². The molecule has 2 aromatic heterocycles. The third kappa shape index (κ3) is 4.06. The van der Waals surface area contributed by atoms with Crippen LogP contribution in [-0.2, 0) is 13.1 Å². The summed E-state index contributed by atoms with van der Waals surface area (Å²) in [7, 11) is 0. The Morgan fingerprint density at radius 1 is 1.11 bits per heavy atom. The molecule has 1 aromatic carbocycles. The fourth-order valence-corrected chi connectivity index (χ4v) is 3.40. The van der Waals surface area contributed by atoms with E-state index in [9.17, 15) is 9.59 Å². The van der Waals surface area contributed by atoms with Crippen molar-refractivity contribution in [2.75, 3.05) is 0 Å². The van der Waals surface area contributed by atoms with Gasteiger partial charge in [-0.15, -0.1) is 0 Å². The Hall–Kier alpha value is -3.15. The van der Waals surface area contributed by atoms with Crippen molar-refractivity contribution in [1.82, 2.24) is 20.1 Å². The molecule has 0 aliphatic heterocycles. The van der Waals surface area contributed by atoms with Gasteiger partial charge in [0.2, 0.25) is 0 Å². The van der Waals surface area contributed by atoms with Crippen LogP contribution in [-0.4, -0.2) is 20.7 Å². The van der Waals surface area contributed by atoms with Crippen LogP contribution in [0.3, 0.4) is 0 Å². The first kappa shape index (κ1) is 19.6. The highest BCUT2D eigenvalue weighted by Gasteiger charge is 2.19. The zero-order valence-corrected chi connectivity index (χ0v) is 17.0. The number of aromatic nitrogens is 3. The molecular weight excluding hydrogens is 352 g/mol. The number of pyridine rings is 1. The van der Waals surface area contributed by atoms with Crippen LogP contribution in [0, 0.1) is 34.6 Å². The molecule has 0 aliphatic rings. The Bertz CT molecular complexity index is 1080. The molecule has 0 aliphatic carbocycles. The molecule has 0 unspecified atom stereocenters. The second-order valence-corrected chi connectivity index (χ2v) is 7.31. The van der Waals surface area contributed by atoms with Gasteiger partial charge in [0.05, 0.1) is 17.8 Å². The van der Waals surface area contributed by atoms with Crippen LogP contribution in [0.1, 0.15) is 49.7 Å². The molecule has 0 bridgehead atoms. The quantitative estimate of drug-likeness (QED) is 0.716. The van der Waals surface area contributed by atoms with Gasteiger partial charge in [-0.2, -0.15) is 5.10 Å². The lowest BCUT2D eigenvalue weighted by Gasteiger charge is -2.09. The van der Waals surface area contributed by atoms with Crippen LogP contribution in [0.5, 0.6) is 0 Å². The number of hydrogen-bond acceptors (Lipinski definition) is 3. The predicted molar refractivity (Wildman–Crippen MR) is 110 cm³/mol. The molecule has 146 valence electrons. The number of benzene rings is 1. The summed E-state index contributed by atoms with van der Waals surface area (Å²) in [5.41, 5.74) is 6.47. The number of aromatic amines is 1. The summed E-state index contributed by atoms with van der Waals surface area (Å²) in [6.45, 7) is 10.3. The van der Waals surface area contributed by atoms with Crippen LogP contribution in [0.25, 0.3) is 0 Å². The average Bonchev–Trinajstić information content (AvgIpc) is 2.89. The molecule has 0 radical (unpaired) electrons. The minimum atomic E-state index is -0.218. The SMILES string of the molecule is Cc1ccc(Cn2nc(C)c(C(=O)NCc3c(C)cc(C)[nH]c3=O)c2C)cc1. The molecule has 0 fully saturated rings. The monoisotopic (exact) mass is 378 g/mol. The lowest BCUT2D eigenvalue weighted by atomic mass is 10.1. The van der Waals surface area contributed by atoms with Crippen molar-refractivity contribution in [1.29, 1.82) is 0 Å². The van der Waals surface area contributed by atoms with Gasteiger partial charge in [-0.05, 0) is 51.8 Å². The van der Waals surface area contributed by atoms with Crippen molar-refractivity contribution in [3.63, 3.8) is 0 Å². The number of hydrogen-bond donors (Lipinski definition) is 2. The Morgan fingerprint density at radius 3 is 2.43 bits per heavy atom. The molecule has 2 N–H and O–H groups in total. The number of nitrogens with zero attached hydrogens (tertiary/aromatic N) is 2. The highest BCUT2D eigenvalue weighted by Crippen LogP contribution is 2.15. The van der Waals surface area contributed by atoms with Crippen molar-refractivity contribution in [3.8, 4) is 0 Å². The van der Waals surface area contributed by atoms with Crippen LogP contribution < -0.4 is 10.9 Å². The summed E-state index contributed by atoms with van der Waals surface area (Å²) in [5.74, 6) is -0.218. The minimum Gasteiger partial charge on any atom is -0.348 e. The average molecular weight is 378 g/mol. The van der Waals surface area contributed by atoms with E-state index in [2.05, 4.69) is 46.6 Å². The van der Waals surface area contributed by atoms with Gasteiger partial charge in [-0.1, -0.05) is 29.8 Å². The van der Waals surface area contributed by atoms with Gasteiger partial charge in [-0.3, -0.25) is 14.3 Å². The van der Waals surface area contributed by atoms with E-state index in [1.54, 1.807) is 0 Å². The lowest BCUT2D eigenvalue weighted by molar-refractivity contribution is 0.0949. The zero-order valence-electron chi connectivity index (χ0n) is 17.0. The van der Waals surface area contributed by atoms with Crippen molar-refractivity contribution >= 4 is 5.91 Å². The summed E-state index contributed by atoms with van der Waals surface area (Å²) >= 11 is 0. The van der Waals surface area contributed by atoms with E-state index in [4.69, 9.17) is 0 Å². The van der Waals surface area contributed by atoms with E-state index in [0.717, 1.165) is 22.5 Å². The molecule has 6 heteroatoms. The number of H-pyrrole nitrogens is 1. The molecule has 0 saturated carbocycles. The van der Waals surface area contributed by atoms with Crippen molar-refractivity contribution in [2.24, 2.45) is 0 Å². The summed E-state index contributed by atoms with van der Waals surface area (Å²) < 4.78 is 1.85. The maximum atomic E-state index is 12.8. The number of aryl methyl sites for hydroxylation is 4. The van der Waals surface area contributed by atoms with Gasteiger partial charge in [0.15, 0.2) is 0 Å². The van der Waals surface area contributed by atoms with Gasteiger partial charge >= 0.3 is 0 Å². The molecule has 1 amide bonds. The Balaban J connectivity index is 1.78. The van der Waals surface area contributed by atoms with Crippen LogP contribution in [0.4, 0.5) is 0 Å². The molecule has 0 spiro atoms. The Kier molecular flexibility index (Phi) is 5.49.